The van der Waals surface area contributed by atoms with Crippen molar-refractivity contribution in [1.29, 1.82) is 0 Å². The number of carbonyl (C=O) groups is 1. The molecule has 0 spiro atoms. The van der Waals surface area contributed by atoms with Gasteiger partial charge in [-0.15, -0.1) is 0 Å². The van der Waals surface area contributed by atoms with Crippen LogP contribution in [0.4, 0.5) is 5.69 Å². The quantitative estimate of drug-likeness (QED) is 0.712. The Labute approximate surface area is 115 Å². The molecule has 98 valence electrons. The Balaban J connectivity index is 1.96. The van der Waals surface area contributed by atoms with Gasteiger partial charge in [0.25, 0.3) is 5.91 Å². The first-order chi connectivity index (χ1) is 9.75. The molecule has 3 aromatic rings. The van der Waals surface area contributed by atoms with Gasteiger partial charge in [-0.25, -0.2) is 0 Å². The highest BCUT2D eigenvalue weighted by Crippen LogP contribution is 2.19. The molecule has 0 aliphatic carbocycles. The molecule has 2 aromatic heterocycles. The second kappa shape index (κ2) is 5.05. The molecule has 0 aliphatic rings. The molecule has 0 radical (unpaired) electrons. The molecule has 1 amide bonds. The smallest absolute Gasteiger partial charge is 0.259 e. The van der Waals surface area contributed by atoms with Gasteiger partial charge in [0.05, 0.1) is 16.6 Å². The van der Waals surface area contributed by atoms with E-state index in [9.17, 15) is 4.79 Å². The normalized spacial score (nSPS) is 10.4. The van der Waals surface area contributed by atoms with E-state index >= 15 is 0 Å². The fourth-order valence-corrected chi connectivity index (χ4v) is 1.96. The minimum absolute atomic E-state index is 0.110. The minimum atomic E-state index is -0.110. The van der Waals surface area contributed by atoms with Crippen molar-refractivity contribution in [2.75, 3.05) is 11.9 Å². The van der Waals surface area contributed by atoms with E-state index in [1.807, 2.05) is 18.2 Å². The van der Waals surface area contributed by atoms with Crippen LogP contribution in [0.15, 0.2) is 55.1 Å². The lowest BCUT2D eigenvalue weighted by Gasteiger charge is -2.17. The first kappa shape index (κ1) is 12.2. The molecule has 3 rings (SSSR count). The fraction of sp³-hybridized carbons (Fsp3) is 0.0667. The number of amides is 1. The number of hydrogen-bond acceptors (Lipinski definition) is 4. The van der Waals surface area contributed by atoms with Crippen LogP contribution >= 0.6 is 0 Å². The fourth-order valence-electron chi connectivity index (χ4n) is 1.96. The summed E-state index contributed by atoms with van der Waals surface area (Å²) in [7, 11) is 1.73. The average Bonchev–Trinajstić information content (AvgIpc) is 2.54. The average molecular weight is 264 g/mol. The molecule has 0 bridgehead atoms. The lowest BCUT2D eigenvalue weighted by atomic mass is 10.2. The molecule has 0 N–H and O–H groups in total. The van der Waals surface area contributed by atoms with Crippen molar-refractivity contribution in [1.82, 2.24) is 15.0 Å². The van der Waals surface area contributed by atoms with Crippen molar-refractivity contribution in [3.05, 3.63) is 60.7 Å². The molecule has 2 heterocycles. The van der Waals surface area contributed by atoms with Gasteiger partial charge in [0.2, 0.25) is 0 Å². The summed E-state index contributed by atoms with van der Waals surface area (Å²) in [4.78, 5) is 26.3. The molecule has 5 nitrogen and oxygen atoms in total. The standard InChI is InChI=1S/C15H12N4O/c1-19(15(20)11-3-2-6-16-10-11)12-4-5-13-14(9-12)18-8-7-17-13/h2-10H,1H3. The van der Waals surface area contributed by atoms with Crippen molar-refractivity contribution in [3.63, 3.8) is 0 Å². The SMILES string of the molecule is CN(C(=O)c1cccnc1)c1ccc2nccnc2c1. The van der Waals surface area contributed by atoms with E-state index in [-0.39, 0.29) is 5.91 Å². The lowest BCUT2D eigenvalue weighted by Crippen LogP contribution is -2.26. The zero-order chi connectivity index (χ0) is 13.9. The molecule has 0 saturated heterocycles. The van der Waals surface area contributed by atoms with E-state index in [1.165, 1.54) is 0 Å². The number of nitrogens with zero attached hydrogens (tertiary/aromatic N) is 4. The van der Waals surface area contributed by atoms with Gasteiger partial charge in [-0.1, -0.05) is 0 Å². The van der Waals surface area contributed by atoms with Crippen LogP contribution in [0.2, 0.25) is 0 Å². The van der Waals surface area contributed by atoms with E-state index in [1.54, 1.807) is 48.9 Å². The van der Waals surface area contributed by atoms with Gasteiger partial charge >= 0.3 is 0 Å². The topological polar surface area (TPSA) is 59.0 Å². The largest absolute Gasteiger partial charge is 0.311 e. The van der Waals surface area contributed by atoms with E-state index < -0.39 is 0 Å². The number of benzene rings is 1. The lowest BCUT2D eigenvalue weighted by molar-refractivity contribution is 0.0992. The van der Waals surface area contributed by atoms with Crippen LogP contribution in [-0.4, -0.2) is 27.9 Å². The molecule has 0 unspecified atom stereocenters. The summed E-state index contributed by atoms with van der Waals surface area (Å²) in [6.45, 7) is 0. The second-order valence-corrected chi connectivity index (χ2v) is 4.34. The third kappa shape index (κ3) is 2.21. The van der Waals surface area contributed by atoms with E-state index in [0.717, 1.165) is 16.7 Å². The van der Waals surface area contributed by atoms with Crippen LogP contribution in [0.5, 0.6) is 0 Å². The van der Waals surface area contributed by atoms with Crippen LogP contribution in [0.25, 0.3) is 11.0 Å². The Morgan fingerprint density at radius 3 is 2.60 bits per heavy atom. The molecular weight excluding hydrogens is 252 g/mol. The second-order valence-electron chi connectivity index (χ2n) is 4.34. The van der Waals surface area contributed by atoms with Gasteiger partial charge < -0.3 is 4.90 Å². The minimum Gasteiger partial charge on any atom is -0.311 e. The summed E-state index contributed by atoms with van der Waals surface area (Å²) in [6.07, 6.45) is 6.48. The summed E-state index contributed by atoms with van der Waals surface area (Å²) in [5.41, 5.74) is 2.88. The zero-order valence-corrected chi connectivity index (χ0v) is 10.9. The van der Waals surface area contributed by atoms with Gasteiger partial charge in [0.15, 0.2) is 0 Å². The maximum atomic E-state index is 12.3. The van der Waals surface area contributed by atoms with Crippen molar-refractivity contribution in [3.8, 4) is 0 Å². The molecular formula is C15H12N4O. The number of carbonyl (C=O) groups excluding carboxylic acids is 1. The van der Waals surface area contributed by atoms with E-state index in [4.69, 9.17) is 0 Å². The molecule has 0 fully saturated rings. The van der Waals surface area contributed by atoms with Gasteiger partial charge in [0.1, 0.15) is 0 Å². The number of aromatic nitrogens is 3. The first-order valence-electron chi connectivity index (χ1n) is 6.14. The molecule has 1 aromatic carbocycles. The molecule has 0 atom stereocenters. The summed E-state index contributed by atoms with van der Waals surface area (Å²) < 4.78 is 0. The maximum absolute atomic E-state index is 12.3. The Bertz CT molecular complexity index is 758. The monoisotopic (exact) mass is 264 g/mol. The van der Waals surface area contributed by atoms with Gasteiger partial charge in [-0.2, -0.15) is 0 Å². The van der Waals surface area contributed by atoms with Crippen LogP contribution < -0.4 is 4.90 Å². The van der Waals surface area contributed by atoms with Crippen LogP contribution in [-0.2, 0) is 0 Å². The third-order valence-corrected chi connectivity index (χ3v) is 3.05. The van der Waals surface area contributed by atoms with Gasteiger partial charge in [0, 0.05) is 37.5 Å². The summed E-state index contributed by atoms with van der Waals surface area (Å²) in [6, 6.07) is 9.03. The number of hydrogen-bond donors (Lipinski definition) is 0. The Hall–Kier alpha value is -2.82. The summed E-state index contributed by atoms with van der Waals surface area (Å²) >= 11 is 0. The first-order valence-corrected chi connectivity index (χ1v) is 6.14. The van der Waals surface area contributed by atoms with Gasteiger partial charge in [-0.05, 0) is 30.3 Å². The zero-order valence-electron chi connectivity index (χ0n) is 10.9. The highest BCUT2D eigenvalue weighted by atomic mass is 16.2. The predicted octanol–water partition coefficient (Wildman–Crippen LogP) is 2.30. The third-order valence-electron chi connectivity index (χ3n) is 3.05. The maximum Gasteiger partial charge on any atom is 0.259 e. The highest BCUT2D eigenvalue weighted by molar-refractivity contribution is 6.06. The summed E-state index contributed by atoms with van der Waals surface area (Å²) in [5.74, 6) is -0.110. The number of anilines is 1. The molecule has 20 heavy (non-hydrogen) atoms. The number of pyridine rings is 1. The number of fused-ring (bicyclic) bond motifs is 1. The van der Waals surface area contributed by atoms with Crippen LogP contribution in [0.3, 0.4) is 0 Å². The van der Waals surface area contributed by atoms with Crippen LogP contribution in [0.1, 0.15) is 10.4 Å². The Kier molecular flexibility index (Phi) is 3.09. The van der Waals surface area contributed by atoms with Crippen molar-refractivity contribution >= 4 is 22.6 Å². The summed E-state index contributed by atoms with van der Waals surface area (Å²) in [5, 5.41) is 0. The van der Waals surface area contributed by atoms with E-state index in [0.29, 0.717) is 5.56 Å². The van der Waals surface area contributed by atoms with Crippen LogP contribution in [0, 0.1) is 0 Å². The molecule has 5 heteroatoms. The number of rotatable bonds is 2. The molecule has 0 saturated carbocycles. The predicted molar refractivity (Wildman–Crippen MR) is 76.5 cm³/mol. The van der Waals surface area contributed by atoms with Crippen molar-refractivity contribution in [2.45, 2.75) is 0 Å². The van der Waals surface area contributed by atoms with Crippen molar-refractivity contribution < 1.29 is 4.79 Å². The van der Waals surface area contributed by atoms with Gasteiger partial charge in [-0.3, -0.25) is 19.7 Å². The highest BCUT2D eigenvalue weighted by Gasteiger charge is 2.13. The van der Waals surface area contributed by atoms with E-state index in [2.05, 4.69) is 15.0 Å². The van der Waals surface area contributed by atoms with Crippen molar-refractivity contribution in [2.24, 2.45) is 0 Å². The molecule has 0 aliphatic heterocycles. The Morgan fingerprint density at radius 1 is 1.05 bits per heavy atom. The Morgan fingerprint density at radius 2 is 1.85 bits per heavy atom.